The van der Waals surface area contributed by atoms with E-state index in [1.165, 1.54) is 19.1 Å². The van der Waals surface area contributed by atoms with Crippen LogP contribution >= 0.6 is 0 Å². The molecule has 0 aromatic rings. The van der Waals surface area contributed by atoms with E-state index in [0.29, 0.717) is 13.2 Å². The maximum absolute atomic E-state index is 12.0. The van der Waals surface area contributed by atoms with Crippen LogP contribution in [0.1, 0.15) is 20.8 Å². The number of hydrogen-bond acceptors (Lipinski definition) is 5. The SMILES string of the molecule is CO[C@H]1COC[C@@H](OC)N1C(=O)OC(C)(C)C. The van der Waals surface area contributed by atoms with E-state index in [1.807, 2.05) is 20.8 Å². The zero-order valence-corrected chi connectivity index (χ0v) is 11.1. The van der Waals surface area contributed by atoms with Gasteiger partial charge in [0, 0.05) is 14.2 Å². The Hall–Kier alpha value is -0.850. The van der Waals surface area contributed by atoms with Crippen LogP contribution in [0, 0.1) is 0 Å². The number of nitrogens with zero attached hydrogens (tertiary/aromatic N) is 1. The highest BCUT2D eigenvalue weighted by atomic mass is 16.6. The highest BCUT2D eigenvalue weighted by molar-refractivity contribution is 5.68. The molecule has 1 rings (SSSR count). The van der Waals surface area contributed by atoms with E-state index in [1.54, 1.807) is 0 Å². The largest absolute Gasteiger partial charge is 0.444 e. The Kier molecular flexibility index (Phi) is 4.73. The van der Waals surface area contributed by atoms with Gasteiger partial charge in [-0.25, -0.2) is 4.79 Å². The Morgan fingerprint density at radius 3 is 2.00 bits per heavy atom. The standard InChI is InChI=1S/C11H21NO5/c1-11(2,3)17-10(13)12-8(14-4)6-16-7-9(12)15-5/h8-9H,6-7H2,1-5H3/t8-,9+. The van der Waals surface area contributed by atoms with E-state index in [0.717, 1.165) is 0 Å². The van der Waals surface area contributed by atoms with Crippen molar-refractivity contribution in [3.05, 3.63) is 0 Å². The van der Waals surface area contributed by atoms with Gasteiger partial charge in [0.25, 0.3) is 0 Å². The molecule has 0 unspecified atom stereocenters. The topological polar surface area (TPSA) is 57.2 Å². The van der Waals surface area contributed by atoms with Crippen LogP contribution in [0.5, 0.6) is 0 Å². The molecule has 1 fully saturated rings. The van der Waals surface area contributed by atoms with Gasteiger partial charge in [-0.15, -0.1) is 0 Å². The molecule has 1 aliphatic rings. The second-order valence-electron chi connectivity index (χ2n) is 4.81. The molecule has 17 heavy (non-hydrogen) atoms. The molecule has 0 aromatic carbocycles. The second kappa shape index (κ2) is 5.66. The molecular formula is C11H21NO5. The van der Waals surface area contributed by atoms with Gasteiger partial charge in [0.05, 0.1) is 13.2 Å². The molecule has 0 spiro atoms. The first kappa shape index (κ1) is 14.2. The molecule has 0 radical (unpaired) electrons. The van der Waals surface area contributed by atoms with Gasteiger partial charge in [0.1, 0.15) is 5.60 Å². The van der Waals surface area contributed by atoms with E-state index < -0.39 is 24.2 Å². The van der Waals surface area contributed by atoms with E-state index in [4.69, 9.17) is 18.9 Å². The predicted molar refractivity (Wildman–Crippen MR) is 60.5 cm³/mol. The fraction of sp³-hybridized carbons (Fsp3) is 0.909. The first-order chi connectivity index (χ1) is 7.89. The highest BCUT2D eigenvalue weighted by Crippen LogP contribution is 2.19. The molecular weight excluding hydrogens is 226 g/mol. The van der Waals surface area contributed by atoms with Crippen LogP contribution in [0.15, 0.2) is 0 Å². The molecule has 1 saturated heterocycles. The van der Waals surface area contributed by atoms with Crippen LogP contribution in [-0.4, -0.2) is 56.5 Å². The molecule has 6 nitrogen and oxygen atoms in total. The predicted octanol–water partition coefficient (Wildman–Crippen LogP) is 1.20. The van der Waals surface area contributed by atoms with Crippen LogP contribution in [-0.2, 0) is 18.9 Å². The first-order valence-corrected chi connectivity index (χ1v) is 5.53. The average molecular weight is 247 g/mol. The third kappa shape index (κ3) is 3.83. The summed E-state index contributed by atoms with van der Waals surface area (Å²) in [6, 6.07) is 0. The molecule has 0 bridgehead atoms. The number of hydrogen-bond donors (Lipinski definition) is 0. The molecule has 2 atom stereocenters. The van der Waals surface area contributed by atoms with Crippen LogP contribution < -0.4 is 0 Å². The number of methoxy groups -OCH3 is 2. The van der Waals surface area contributed by atoms with Gasteiger partial charge in [-0.3, -0.25) is 4.90 Å². The van der Waals surface area contributed by atoms with Crippen molar-refractivity contribution in [2.75, 3.05) is 27.4 Å². The van der Waals surface area contributed by atoms with Crippen molar-refractivity contribution in [3.63, 3.8) is 0 Å². The number of morpholine rings is 1. The molecule has 6 heteroatoms. The van der Waals surface area contributed by atoms with Crippen molar-refractivity contribution < 1.29 is 23.7 Å². The fourth-order valence-corrected chi connectivity index (χ4v) is 1.53. The summed E-state index contributed by atoms with van der Waals surface area (Å²) in [5, 5.41) is 0. The molecule has 1 aliphatic heterocycles. The van der Waals surface area contributed by atoms with Crippen LogP contribution in [0.3, 0.4) is 0 Å². The molecule has 100 valence electrons. The van der Waals surface area contributed by atoms with Crippen LogP contribution in [0.25, 0.3) is 0 Å². The number of amides is 1. The van der Waals surface area contributed by atoms with Crippen LogP contribution in [0.2, 0.25) is 0 Å². The summed E-state index contributed by atoms with van der Waals surface area (Å²) in [5.74, 6) is 0. The summed E-state index contributed by atoms with van der Waals surface area (Å²) in [4.78, 5) is 13.5. The Morgan fingerprint density at radius 1 is 1.18 bits per heavy atom. The zero-order chi connectivity index (χ0) is 13.1. The minimum absolute atomic E-state index is 0.315. The smallest absolute Gasteiger partial charge is 0.414 e. The lowest BCUT2D eigenvalue weighted by molar-refractivity contribution is -0.202. The molecule has 0 saturated carbocycles. The summed E-state index contributed by atoms with van der Waals surface area (Å²) in [6.07, 6.45) is -1.42. The summed E-state index contributed by atoms with van der Waals surface area (Å²) in [7, 11) is 3.03. The van der Waals surface area contributed by atoms with E-state index in [9.17, 15) is 4.79 Å². The number of ether oxygens (including phenoxy) is 4. The molecule has 1 heterocycles. The third-order valence-electron chi connectivity index (χ3n) is 2.29. The van der Waals surface area contributed by atoms with E-state index in [-0.39, 0.29) is 0 Å². The Morgan fingerprint density at radius 2 is 1.65 bits per heavy atom. The lowest BCUT2D eigenvalue weighted by atomic mass is 10.2. The van der Waals surface area contributed by atoms with E-state index >= 15 is 0 Å². The first-order valence-electron chi connectivity index (χ1n) is 5.53. The average Bonchev–Trinajstić information content (AvgIpc) is 2.25. The van der Waals surface area contributed by atoms with Crippen molar-refractivity contribution in [2.45, 2.75) is 38.8 Å². The van der Waals surface area contributed by atoms with Gasteiger partial charge in [0.2, 0.25) is 0 Å². The number of carbonyl (C=O) groups excluding carboxylic acids is 1. The lowest BCUT2D eigenvalue weighted by Gasteiger charge is -2.40. The monoisotopic (exact) mass is 247 g/mol. The minimum Gasteiger partial charge on any atom is -0.444 e. The fourth-order valence-electron chi connectivity index (χ4n) is 1.53. The molecule has 1 amide bonds. The van der Waals surface area contributed by atoms with Crippen LogP contribution in [0.4, 0.5) is 4.79 Å². The second-order valence-corrected chi connectivity index (χ2v) is 4.81. The highest BCUT2D eigenvalue weighted by Gasteiger charge is 2.37. The van der Waals surface area contributed by atoms with Gasteiger partial charge in [-0.2, -0.15) is 0 Å². The zero-order valence-electron chi connectivity index (χ0n) is 11.1. The molecule has 0 aromatic heterocycles. The Labute approximate surface area is 102 Å². The van der Waals surface area contributed by atoms with Crippen molar-refractivity contribution >= 4 is 6.09 Å². The summed E-state index contributed by atoms with van der Waals surface area (Å²) < 4.78 is 21.0. The minimum atomic E-state index is -0.550. The molecule has 0 N–H and O–H groups in total. The third-order valence-corrected chi connectivity index (χ3v) is 2.29. The van der Waals surface area contributed by atoms with Gasteiger partial charge in [-0.1, -0.05) is 0 Å². The van der Waals surface area contributed by atoms with Crippen molar-refractivity contribution in [1.29, 1.82) is 0 Å². The summed E-state index contributed by atoms with van der Waals surface area (Å²) in [6.45, 7) is 6.07. The van der Waals surface area contributed by atoms with Gasteiger partial charge in [0.15, 0.2) is 12.5 Å². The van der Waals surface area contributed by atoms with Gasteiger partial charge in [-0.05, 0) is 20.8 Å². The maximum atomic E-state index is 12.0. The van der Waals surface area contributed by atoms with Gasteiger partial charge < -0.3 is 18.9 Å². The quantitative estimate of drug-likeness (QED) is 0.734. The Balaban J connectivity index is 2.76. The lowest BCUT2D eigenvalue weighted by Crippen LogP contribution is -2.57. The van der Waals surface area contributed by atoms with E-state index in [2.05, 4.69) is 0 Å². The Bertz CT molecular complexity index is 251. The van der Waals surface area contributed by atoms with Crippen molar-refractivity contribution in [1.82, 2.24) is 4.90 Å². The normalized spacial score (nSPS) is 25.8. The summed E-state index contributed by atoms with van der Waals surface area (Å²) >= 11 is 0. The maximum Gasteiger partial charge on any atom is 0.414 e. The summed E-state index contributed by atoms with van der Waals surface area (Å²) in [5.41, 5.74) is -0.550. The molecule has 0 aliphatic carbocycles. The van der Waals surface area contributed by atoms with Gasteiger partial charge >= 0.3 is 6.09 Å². The van der Waals surface area contributed by atoms with Crippen molar-refractivity contribution in [3.8, 4) is 0 Å². The number of rotatable bonds is 2. The van der Waals surface area contributed by atoms with Crippen molar-refractivity contribution in [2.24, 2.45) is 0 Å². The number of carbonyl (C=O) groups is 1.